The third-order valence-electron chi connectivity index (χ3n) is 8.79. The maximum absolute atomic E-state index is 16.0. The normalized spacial score (nSPS) is 20.9. The van der Waals surface area contributed by atoms with Crippen molar-refractivity contribution in [2.75, 3.05) is 25.6 Å². The lowest BCUT2D eigenvalue weighted by atomic mass is 9.62. The number of anilines is 1. The molecule has 1 heterocycles. The first-order valence-corrected chi connectivity index (χ1v) is 17.3. The number of aliphatic hydroxyl groups excluding tert-OH is 2. The summed E-state index contributed by atoms with van der Waals surface area (Å²) in [6.07, 6.45) is -2.16. The van der Waals surface area contributed by atoms with Crippen molar-refractivity contribution in [3.05, 3.63) is 93.0 Å². The Kier molecular flexibility index (Phi) is 13.4. The van der Waals surface area contributed by atoms with Gasteiger partial charge in [0.25, 0.3) is 0 Å². The summed E-state index contributed by atoms with van der Waals surface area (Å²) < 4.78 is 47.6. The first-order chi connectivity index (χ1) is 24.9. The summed E-state index contributed by atoms with van der Waals surface area (Å²) in [4.78, 5) is 39.2. The van der Waals surface area contributed by atoms with Crippen LogP contribution < -0.4 is 20.7 Å². The summed E-state index contributed by atoms with van der Waals surface area (Å²) in [6.45, 7) is 6.28. The van der Waals surface area contributed by atoms with Crippen molar-refractivity contribution in [2.45, 2.75) is 69.9 Å². The van der Waals surface area contributed by atoms with E-state index >= 15 is 8.78 Å². The van der Waals surface area contributed by atoms with Gasteiger partial charge in [0.15, 0.2) is 0 Å². The molecule has 1 aliphatic heterocycles. The van der Waals surface area contributed by atoms with Crippen molar-refractivity contribution >= 4 is 53.1 Å². The molecule has 12 nitrogen and oxygen atoms in total. The van der Waals surface area contributed by atoms with Crippen LogP contribution in [-0.4, -0.2) is 79.1 Å². The molecule has 286 valence electrons. The van der Waals surface area contributed by atoms with E-state index < -0.39 is 77.4 Å². The largest absolute Gasteiger partial charge is 0.495 e. The molecular weight excluding hydrogens is 737 g/mol. The number of rotatable bonds is 13. The maximum Gasteiger partial charge on any atom is 0.410 e. The molecule has 4 rings (SSSR count). The predicted octanol–water partition coefficient (Wildman–Crippen LogP) is 5.95. The second-order valence-electron chi connectivity index (χ2n) is 13.8. The zero-order valence-corrected chi connectivity index (χ0v) is 31.1. The fourth-order valence-corrected chi connectivity index (χ4v) is 6.85. The maximum atomic E-state index is 16.0. The van der Waals surface area contributed by atoms with Crippen molar-refractivity contribution in [2.24, 2.45) is 5.41 Å². The Morgan fingerprint density at radius 3 is 2.43 bits per heavy atom. The zero-order chi connectivity index (χ0) is 39.2. The predicted molar refractivity (Wildman–Crippen MR) is 195 cm³/mol. The van der Waals surface area contributed by atoms with Crippen LogP contribution in [0.15, 0.2) is 54.6 Å². The lowest BCUT2D eigenvalue weighted by molar-refractivity contribution is -0.118. The minimum Gasteiger partial charge on any atom is -0.495 e. The second-order valence-corrected chi connectivity index (χ2v) is 14.6. The summed E-state index contributed by atoms with van der Waals surface area (Å²) in [7, 11) is 1.30. The van der Waals surface area contributed by atoms with Crippen molar-refractivity contribution in [3.63, 3.8) is 0 Å². The topological polar surface area (TPSA) is 179 Å². The molecule has 3 aromatic rings. The molecule has 0 aromatic heterocycles. The molecule has 2 amide bonds. The summed E-state index contributed by atoms with van der Waals surface area (Å²) in [5, 5.41) is 35.2. The standard InChI is InChI=1S/C37H42Cl2F2N4O8/c1-19(53-35(50)43-16-22(47)17-46)52-34(49)20-9-12-27(28(13-20)51-5)44-33(48)32-30(23-7-6-8-25(39)31(23)41)37(18-42,29(45-32)15-36(2,3)4)24-11-10-21(38)14-26(24)40/h6-14,18-19,22,29-30,32,42,45-47H,15-17H2,1-5H3,(H,43,50)(H,44,48)/t19?,22?,29-,30-,32+,37-/m0/s1. The monoisotopic (exact) mass is 778 g/mol. The van der Waals surface area contributed by atoms with Gasteiger partial charge >= 0.3 is 12.1 Å². The van der Waals surface area contributed by atoms with Gasteiger partial charge in [0.05, 0.1) is 47.6 Å². The first-order valence-electron chi connectivity index (χ1n) is 16.6. The van der Waals surface area contributed by atoms with Crippen LogP contribution >= 0.6 is 23.2 Å². The molecule has 1 fully saturated rings. The molecular formula is C37H42Cl2F2N4O8. The number of aliphatic hydroxyl groups is 2. The number of methoxy groups -OCH3 is 1. The summed E-state index contributed by atoms with van der Waals surface area (Å²) in [5.41, 5.74) is -1.90. The smallest absolute Gasteiger partial charge is 0.410 e. The van der Waals surface area contributed by atoms with Gasteiger partial charge in [-0.3, -0.25) is 4.79 Å². The highest BCUT2D eigenvalue weighted by molar-refractivity contribution is 6.31. The van der Waals surface area contributed by atoms with Gasteiger partial charge < -0.3 is 45.8 Å². The van der Waals surface area contributed by atoms with Crippen LogP contribution in [0, 0.1) is 22.5 Å². The molecule has 6 N–H and O–H groups in total. The number of esters is 1. The molecule has 1 saturated heterocycles. The van der Waals surface area contributed by atoms with Gasteiger partial charge in [0.1, 0.15) is 17.4 Å². The quantitative estimate of drug-likeness (QED) is 0.0695. The highest BCUT2D eigenvalue weighted by atomic mass is 35.5. The third-order valence-corrected chi connectivity index (χ3v) is 9.32. The van der Waals surface area contributed by atoms with Gasteiger partial charge in [0, 0.05) is 42.2 Å². The van der Waals surface area contributed by atoms with Crippen LogP contribution in [0.4, 0.5) is 19.3 Å². The lowest BCUT2D eigenvalue weighted by Crippen LogP contribution is -2.46. The van der Waals surface area contributed by atoms with Gasteiger partial charge in [-0.15, -0.1) is 0 Å². The zero-order valence-electron chi connectivity index (χ0n) is 29.6. The van der Waals surface area contributed by atoms with Crippen molar-refractivity contribution in [1.29, 1.82) is 5.41 Å². The number of nitrogens with one attached hydrogen (secondary N) is 4. The lowest BCUT2D eigenvalue weighted by Gasteiger charge is -2.40. The highest BCUT2D eigenvalue weighted by Gasteiger charge is 2.59. The molecule has 0 aliphatic carbocycles. The molecule has 16 heteroatoms. The summed E-state index contributed by atoms with van der Waals surface area (Å²) in [6, 6.07) is 10.3. The van der Waals surface area contributed by atoms with E-state index in [2.05, 4.69) is 16.0 Å². The van der Waals surface area contributed by atoms with E-state index in [0.717, 1.165) is 12.3 Å². The molecule has 0 bridgehead atoms. The summed E-state index contributed by atoms with van der Waals surface area (Å²) >= 11 is 12.4. The molecule has 1 aliphatic rings. The molecule has 3 aromatic carbocycles. The molecule has 0 radical (unpaired) electrons. The van der Waals surface area contributed by atoms with Gasteiger partial charge in [0.2, 0.25) is 12.2 Å². The molecule has 6 atom stereocenters. The van der Waals surface area contributed by atoms with Gasteiger partial charge in [-0.1, -0.05) is 62.2 Å². The van der Waals surface area contributed by atoms with E-state index in [1.165, 1.54) is 62.6 Å². The SMILES string of the molecule is COc1cc(C(=O)OC(C)OC(=O)NCC(O)CO)ccc1NC(=O)[C@@H]1N[C@@H](CC(C)(C)C)[C@](C=N)(c2ccc(Cl)cc2F)[C@H]1c1cccc(Cl)c1F. The van der Waals surface area contributed by atoms with E-state index in [0.29, 0.717) is 6.42 Å². The highest BCUT2D eigenvalue weighted by Crippen LogP contribution is 2.52. The minimum absolute atomic E-state index is 0.0148. The van der Waals surface area contributed by atoms with Gasteiger partial charge in [-0.25, -0.2) is 18.4 Å². The summed E-state index contributed by atoms with van der Waals surface area (Å²) in [5.74, 6) is -4.31. The third kappa shape index (κ3) is 9.43. The Labute approximate surface area is 315 Å². The van der Waals surface area contributed by atoms with Crippen LogP contribution in [-0.2, 0) is 19.7 Å². The Bertz CT molecular complexity index is 1840. The van der Waals surface area contributed by atoms with Crippen molar-refractivity contribution in [1.82, 2.24) is 10.6 Å². The number of carbonyl (C=O) groups is 3. The fraction of sp³-hybridized carbons (Fsp3) is 0.405. The number of carbonyl (C=O) groups excluding carboxylic acids is 3. The van der Waals surface area contributed by atoms with E-state index in [1.807, 2.05) is 20.8 Å². The van der Waals surface area contributed by atoms with Crippen LogP contribution in [0.25, 0.3) is 0 Å². The van der Waals surface area contributed by atoms with Crippen LogP contribution in [0.3, 0.4) is 0 Å². The number of amides is 2. The van der Waals surface area contributed by atoms with E-state index in [1.54, 1.807) is 0 Å². The van der Waals surface area contributed by atoms with Gasteiger partial charge in [-0.05, 0) is 53.8 Å². The molecule has 53 heavy (non-hydrogen) atoms. The Morgan fingerprint density at radius 2 is 1.81 bits per heavy atom. The van der Waals surface area contributed by atoms with Crippen LogP contribution in [0.2, 0.25) is 10.0 Å². The average molecular weight is 780 g/mol. The fourth-order valence-electron chi connectivity index (χ4n) is 6.51. The molecule has 0 saturated carbocycles. The van der Waals surface area contributed by atoms with E-state index in [4.69, 9.17) is 47.9 Å². The first kappa shape index (κ1) is 41.4. The van der Waals surface area contributed by atoms with Gasteiger partial charge in [-0.2, -0.15) is 0 Å². The molecule has 2 unspecified atom stereocenters. The van der Waals surface area contributed by atoms with E-state index in [-0.39, 0.29) is 44.7 Å². The number of alkyl carbamates (subject to hydrolysis) is 1. The van der Waals surface area contributed by atoms with Crippen LogP contribution in [0.5, 0.6) is 5.75 Å². The Balaban J connectivity index is 1.70. The second kappa shape index (κ2) is 17.2. The van der Waals surface area contributed by atoms with Crippen molar-refractivity contribution in [3.8, 4) is 5.75 Å². The van der Waals surface area contributed by atoms with Crippen molar-refractivity contribution < 1.29 is 47.6 Å². The number of benzene rings is 3. The minimum atomic E-state index is -1.61. The Hall–Kier alpha value is -4.34. The van der Waals surface area contributed by atoms with E-state index in [9.17, 15) is 19.5 Å². The number of hydrogen-bond donors (Lipinski definition) is 6. The number of halogens is 4. The average Bonchev–Trinajstić information content (AvgIpc) is 3.41. The Morgan fingerprint density at radius 1 is 1.09 bits per heavy atom. The van der Waals surface area contributed by atoms with Crippen LogP contribution in [0.1, 0.15) is 61.5 Å². The number of hydrogen-bond acceptors (Lipinski definition) is 10. The molecule has 0 spiro atoms. The number of ether oxygens (including phenoxy) is 3.